The molecule has 0 aliphatic carbocycles. The average molecular weight is 596 g/mol. The van der Waals surface area contributed by atoms with E-state index in [9.17, 15) is 31.1 Å². The van der Waals surface area contributed by atoms with Crippen LogP contribution in [0, 0.1) is 5.82 Å². The largest absolute Gasteiger partial charge is 0.493 e. The van der Waals surface area contributed by atoms with Crippen LogP contribution in [0.15, 0.2) is 53.8 Å². The Morgan fingerprint density at radius 2 is 1.71 bits per heavy atom. The summed E-state index contributed by atoms with van der Waals surface area (Å²) < 4.78 is 110. The summed E-state index contributed by atoms with van der Waals surface area (Å²) in [6.07, 6.45) is -6.66. The van der Waals surface area contributed by atoms with Gasteiger partial charge in [0.2, 0.25) is 0 Å². The molecule has 3 aromatic heterocycles. The molecule has 42 heavy (non-hydrogen) atoms. The van der Waals surface area contributed by atoms with Crippen molar-refractivity contribution in [2.24, 2.45) is 7.05 Å². The number of nitrogens with one attached hydrogen (secondary N) is 1. The quantitative estimate of drug-likeness (QED) is 0.255. The van der Waals surface area contributed by atoms with Crippen molar-refractivity contribution in [3.05, 3.63) is 87.9 Å². The van der Waals surface area contributed by atoms with Gasteiger partial charge in [-0.2, -0.15) is 26.3 Å². The highest BCUT2D eigenvalue weighted by Crippen LogP contribution is 2.41. The van der Waals surface area contributed by atoms with Gasteiger partial charge in [-0.15, -0.1) is 10.2 Å². The summed E-state index contributed by atoms with van der Waals surface area (Å²) in [5.74, 6) is -1.21. The highest BCUT2D eigenvalue weighted by Gasteiger charge is 2.34. The molecule has 0 unspecified atom stereocenters. The van der Waals surface area contributed by atoms with Crippen molar-refractivity contribution < 1.29 is 40.2 Å². The molecule has 0 bridgehead atoms. The summed E-state index contributed by atoms with van der Waals surface area (Å²) in [5, 5.41) is 7.30. The standard InChI is InChI=1S/C26H19F7N6O3/c1-38-22-17(14-4-18(27)23(20(5-14)41-2)42-11-21-35-12-36-37-21)6-15(25(28,29)30)7-19(22)39(24(38)40)10-13-3-16(9-34-8-13)26(31,32)33/h3-9,12H,10-11H2,1-2H3,(H,35,36,37). The molecule has 2 aromatic carbocycles. The van der Waals surface area contributed by atoms with Gasteiger partial charge in [-0.3, -0.25) is 14.1 Å². The number of aryl methyl sites for hydroxylation is 1. The number of benzene rings is 2. The van der Waals surface area contributed by atoms with Crippen LogP contribution in [0.4, 0.5) is 30.7 Å². The van der Waals surface area contributed by atoms with Gasteiger partial charge in [-0.1, -0.05) is 0 Å². The summed E-state index contributed by atoms with van der Waals surface area (Å²) in [5.41, 5.74) is -3.67. The number of imidazole rings is 1. The predicted molar refractivity (Wildman–Crippen MR) is 133 cm³/mol. The first-order chi connectivity index (χ1) is 19.8. The number of pyridine rings is 1. The van der Waals surface area contributed by atoms with Crippen LogP contribution >= 0.6 is 0 Å². The van der Waals surface area contributed by atoms with E-state index in [0.29, 0.717) is 12.3 Å². The van der Waals surface area contributed by atoms with E-state index in [2.05, 4.69) is 20.2 Å². The molecule has 0 radical (unpaired) electrons. The molecule has 0 saturated heterocycles. The number of aromatic amines is 1. The number of hydrogen-bond donors (Lipinski definition) is 1. The molecule has 5 rings (SSSR count). The van der Waals surface area contributed by atoms with Gasteiger partial charge < -0.3 is 14.5 Å². The second-order valence-electron chi connectivity index (χ2n) is 9.11. The maximum Gasteiger partial charge on any atom is 0.417 e. The average Bonchev–Trinajstić information content (AvgIpc) is 3.53. The van der Waals surface area contributed by atoms with Gasteiger partial charge >= 0.3 is 18.0 Å². The zero-order valence-electron chi connectivity index (χ0n) is 21.6. The van der Waals surface area contributed by atoms with Gasteiger partial charge in [-0.05, 0) is 41.5 Å². The van der Waals surface area contributed by atoms with Crippen molar-refractivity contribution >= 4 is 11.0 Å². The maximum atomic E-state index is 15.3. The zero-order chi connectivity index (χ0) is 30.4. The van der Waals surface area contributed by atoms with E-state index in [1.165, 1.54) is 26.6 Å². The number of nitrogens with zero attached hydrogens (tertiary/aromatic N) is 5. The van der Waals surface area contributed by atoms with Gasteiger partial charge in [-0.25, -0.2) is 9.18 Å². The summed E-state index contributed by atoms with van der Waals surface area (Å²) in [6.45, 7) is -0.734. The lowest BCUT2D eigenvalue weighted by Crippen LogP contribution is -2.23. The number of aromatic nitrogens is 6. The first-order valence-electron chi connectivity index (χ1n) is 11.9. The normalized spacial score (nSPS) is 12.2. The molecule has 0 aliphatic rings. The van der Waals surface area contributed by atoms with Crippen LogP contribution < -0.4 is 15.2 Å². The molecule has 3 heterocycles. The second kappa shape index (κ2) is 10.5. The fourth-order valence-electron chi connectivity index (χ4n) is 4.46. The van der Waals surface area contributed by atoms with Gasteiger partial charge in [0.15, 0.2) is 23.1 Å². The monoisotopic (exact) mass is 596 g/mol. The highest BCUT2D eigenvalue weighted by molar-refractivity contribution is 5.94. The number of H-pyrrole nitrogens is 1. The SMILES string of the molecule is COc1cc(-c2cc(C(F)(F)F)cc3c2n(C)c(=O)n3Cc2cncc(C(F)(F)F)c2)cc(F)c1OCc1nnc[nH]1. The van der Waals surface area contributed by atoms with Crippen LogP contribution in [0.5, 0.6) is 11.5 Å². The lowest BCUT2D eigenvalue weighted by Gasteiger charge is -2.16. The molecule has 0 atom stereocenters. The molecule has 220 valence electrons. The Morgan fingerprint density at radius 1 is 0.976 bits per heavy atom. The van der Waals surface area contributed by atoms with E-state index < -0.39 is 41.5 Å². The Kier molecular flexibility index (Phi) is 7.16. The molecule has 9 nitrogen and oxygen atoms in total. The molecule has 0 saturated carbocycles. The Labute approximate surface area is 231 Å². The third-order valence-corrected chi connectivity index (χ3v) is 6.39. The molecule has 16 heteroatoms. The van der Waals surface area contributed by atoms with Crippen LogP contribution in [-0.4, -0.2) is 36.4 Å². The number of rotatable bonds is 7. The fourth-order valence-corrected chi connectivity index (χ4v) is 4.46. The summed E-state index contributed by atoms with van der Waals surface area (Å²) in [4.78, 5) is 19.5. The lowest BCUT2D eigenvalue weighted by molar-refractivity contribution is -0.138. The van der Waals surface area contributed by atoms with Crippen LogP contribution in [0.25, 0.3) is 22.2 Å². The van der Waals surface area contributed by atoms with Crippen LogP contribution in [0.3, 0.4) is 0 Å². The maximum absolute atomic E-state index is 15.3. The molecular formula is C26H19F7N6O3. The molecule has 0 amide bonds. The van der Waals surface area contributed by atoms with Crippen molar-refractivity contribution in [2.75, 3.05) is 7.11 Å². The highest BCUT2D eigenvalue weighted by atomic mass is 19.4. The number of methoxy groups -OCH3 is 1. The minimum Gasteiger partial charge on any atom is -0.493 e. The summed E-state index contributed by atoms with van der Waals surface area (Å²) in [7, 11) is 2.49. The van der Waals surface area contributed by atoms with E-state index in [-0.39, 0.29) is 51.7 Å². The molecule has 1 N–H and O–H groups in total. The Hall–Kier alpha value is -4.89. The Morgan fingerprint density at radius 3 is 2.36 bits per heavy atom. The zero-order valence-corrected chi connectivity index (χ0v) is 21.6. The number of halogens is 7. The van der Waals surface area contributed by atoms with E-state index in [4.69, 9.17) is 9.47 Å². The topological polar surface area (TPSA) is 99.8 Å². The third kappa shape index (κ3) is 5.38. The first kappa shape index (κ1) is 28.6. The van der Waals surface area contributed by atoms with Crippen molar-refractivity contribution in [1.29, 1.82) is 0 Å². The predicted octanol–water partition coefficient (Wildman–Crippen LogP) is 5.33. The first-order valence-corrected chi connectivity index (χ1v) is 11.9. The van der Waals surface area contributed by atoms with Crippen LogP contribution in [0.2, 0.25) is 0 Å². The van der Waals surface area contributed by atoms with E-state index in [0.717, 1.165) is 33.5 Å². The number of fused-ring (bicyclic) bond motifs is 1. The van der Waals surface area contributed by atoms with E-state index in [1.54, 1.807) is 0 Å². The molecule has 0 aliphatic heterocycles. The van der Waals surface area contributed by atoms with Crippen molar-refractivity contribution in [3.8, 4) is 22.6 Å². The molecule has 0 spiro atoms. The summed E-state index contributed by atoms with van der Waals surface area (Å²) >= 11 is 0. The van der Waals surface area contributed by atoms with Crippen molar-refractivity contribution in [2.45, 2.75) is 25.5 Å². The molecule has 5 aromatic rings. The second-order valence-corrected chi connectivity index (χ2v) is 9.11. The van der Waals surface area contributed by atoms with Crippen molar-refractivity contribution in [3.63, 3.8) is 0 Å². The smallest absolute Gasteiger partial charge is 0.417 e. The fraction of sp³-hybridized carbons (Fsp3) is 0.231. The van der Waals surface area contributed by atoms with Crippen LogP contribution in [-0.2, 0) is 32.6 Å². The number of alkyl halides is 6. The Bertz CT molecular complexity index is 1830. The van der Waals surface area contributed by atoms with Gasteiger partial charge in [0, 0.05) is 25.0 Å². The third-order valence-electron chi connectivity index (χ3n) is 6.39. The summed E-state index contributed by atoms with van der Waals surface area (Å²) in [6, 6.07) is 4.38. The van der Waals surface area contributed by atoms with E-state index in [1.807, 2.05) is 0 Å². The van der Waals surface area contributed by atoms with Gasteiger partial charge in [0.1, 0.15) is 12.9 Å². The molecular weight excluding hydrogens is 577 g/mol. The van der Waals surface area contributed by atoms with E-state index >= 15 is 4.39 Å². The van der Waals surface area contributed by atoms with Crippen LogP contribution in [0.1, 0.15) is 22.5 Å². The Balaban J connectivity index is 1.68. The van der Waals surface area contributed by atoms with Gasteiger partial charge in [0.05, 0.1) is 35.8 Å². The van der Waals surface area contributed by atoms with Crippen molar-refractivity contribution in [1.82, 2.24) is 29.3 Å². The molecule has 0 fully saturated rings. The minimum atomic E-state index is -4.89. The minimum absolute atomic E-state index is 0.0234. The lowest BCUT2D eigenvalue weighted by atomic mass is 9.99. The van der Waals surface area contributed by atoms with Gasteiger partial charge in [0.25, 0.3) is 0 Å². The number of ether oxygens (including phenoxy) is 2. The number of hydrogen-bond acceptors (Lipinski definition) is 6.